The van der Waals surface area contributed by atoms with E-state index in [0.29, 0.717) is 18.0 Å². The van der Waals surface area contributed by atoms with E-state index in [2.05, 4.69) is 11.0 Å². The van der Waals surface area contributed by atoms with Crippen molar-refractivity contribution in [2.24, 2.45) is 5.92 Å². The van der Waals surface area contributed by atoms with Crippen LogP contribution in [0.2, 0.25) is 0 Å². The number of β-amino-alcohol motifs (C(OH)–C–C–N with tert-alkyl or cyclic N) is 1. The molecule has 1 aromatic carbocycles. The molecule has 2 N–H and O–H groups in total. The zero-order chi connectivity index (χ0) is 13.7. The van der Waals surface area contributed by atoms with Crippen molar-refractivity contribution in [1.82, 2.24) is 4.90 Å². The highest BCUT2D eigenvalue weighted by Crippen LogP contribution is 2.20. The summed E-state index contributed by atoms with van der Waals surface area (Å²) in [7, 11) is 0. The number of rotatable bonds is 4. The van der Waals surface area contributed by atoms with Gasteiger partial charge in [-0.3, -0.25) is 0 Å². The third-order valence-corrected chi connectivity index (χ3v) is 3.72. The number of piperidine rings is 1. The predicted octanol–water partition coefficient (Wildman–Crippen LogP) is 1.30. The number of aliphatic hydroxyl groups excluding tert-OH is 2. The number of hydrogen-bond donors (Lipinski definition) is 2. The van der Waals surface area contributed by atoms with E-state index in [1.54, 1.807) is 24.3 Å². The first-order valence-corrected chi connectivity index (χ1v) is 6.74. The Bertz CT molecular complexity index is 438. The lowest BCUT2D eigenvalue weighted by molar-refractivity contribution is 0.0678. The zero-order valence-electron chi connectivity index (χ0n) is 11.0. The van der Waals surface area contributed by atoms with E-state index < -0.39 is 6.10 Å². The molecule has 0 amide bonds. The molecule has 0 saturated carbocycles. The van der Waals surface area contributed by atoms with Crippen molar-refractivity contribution < 1.29 is 10.2 Å². The molecule has 4 heteroatoms. The zero-order valence-corrected chi connectivity index (χ0v) is 11.0. The molecule has 1 fully saturated rings. The highest BCUT2D eigenvalue weighted by Gasteiger charge is 2.21. The lowest BCUT2D eigenvalue weighted by atomic mass is 9.98. The van der Waals surface area contributed by atoms with Crippen LogP contribution >= 0.6 is 0 Å². The van der Waals surface area contributed by atoms with Gasteiger partial charge in [-0.15, -0.1) is 0 Å². The van der Waals surface area contributed by atoms with E-state index in [4.69, 9.17) is 5.26 Å². The van der Waals surface area contributed by atoms with Gasteiger partial charge in [0.1, 0.15) is 0 Å². The number of hydrogen-bond acceptors (Lipinski definition) is 4. The Morgan fingerprint density at radius 3 is 2.74 bits per heavy atom. The predicted molar refractivity (Wildman–Crippen MR) is 72.4 cm³/mol. The number of likely N-dealkylation sites (tertiary alicyclic amines) is 1. The summed E-state index contributed by atoms with van der Waals surface area (Å²) in [4.78, 5) is 2.20. The van der Waals surface area contributed by atoms with Crippen LogP contribution in [0.5, 0.6) is 0 Å². The fourth-order valence-electron chi connectivity index (χ4n) is 2.60. The number of nitrogens with zero attached hydrogens (tertiary/aromatic N) is 2. The Hall–Kier alpha value is -1.41. The molecule has 1 aliphatic rings. The summed E-state index contributed by atoms with van der Waals surface area (Å²) in [6.07, 6.45) is 1.61. The van der Waals surface area contributed by atoms with Gasteiger partial charge in [0, 0.05) is 19.7 Å². The van der Waals surface area contributed by atoms with Gasteiger partial charge < -0.3 is 15.1 Å². The van der Waals surface area contributed by atoms with E-state index in [1.165, 1.54) is 0 Å². The number of nitriles is 1. The Balaban J connectivity index is 1.92. The van der Waals surface area contributed by atoms with Crippen LogP contribution in [0, 0.1) is 17.2 Å². The summed E-state index contributed by atoms with van der Waals surface area (Å²) in [5.41, 5.74) is 1.44. The maximum atomic E-state index is 10.2. The average Bonchev–Trinajstić information content (AvgIpc) is 2.47. The molecular formula is C15H20N2O2. The molecular weight excluding hydrogens is 240 g/mol. The van der Waals surface area contributed by atoms with E-state index in [9.17, 15) is 10.2 Å². The Morgan fingerprint density at radius 2 is 2.11 bits per heavy atom. The van der Waals surface area contributed by atoms with Gasteiger partial charge in [0.15, 0.2) is 0 Å². The van der Waals surface area contributed by atoms with Crippen LogP contribution in [0.3, 0.4) is 0 Å². The summed E-state index contributed by atoms with van der Waals surface area (Å²) in [6, 6.07) is 9.13. The largest absolute Gasteiger partial charge is 0.396 e. The summed E-state index contributed by atoms with van der Waals surface area (Å²) >= 11 is 0. The highest BCUT2D eigenvalue weighted by atomic mass is 16.3. The molecule has 19 heavy (non-hydrogen) atoms. The molecule has 4 nitrogen and oxygen atoms in total. The van der Waals surface area contributed by atoms with Gasteiger partial charge in [0.2, 0.25) is 0 Å². The maximum absolute atomic E-state index is 10.2. The molecule has 2 rings (SSSR count). The van der Waals surface area contributed by atoms with Gasteiger partial charge in [-0.2, -0.15) is 5.26 Å². The van der Waals surface area contributed by atoms with Crippen molar-refractivity contribution in [3.63, 3.8) is 0 Å². The van der Waals surface area contributed by atoms with Gasteiger partial charge in [0.25, 0.3) is 0 Å². The molecule has 1 heterocycles. The number of benzene rings is 1. The van der Waals surface area contributed by atoms with Crippen molar-refractivity contribution in [3.05, 3.63) is 35.4 Å². The summed E-state index contributed by atoms with van der Waals surface area (Å²) < 4.78 is 0. The van der Waals surface area contributed by atoms with Crippen LogP contribution < -0.4 is 0 Å². The van der Waals surface area contributed by atoms with Gasteiger partial charge >= 0.3 is 0 Å². The first-order valence-electron chi connectivity index (χ1n) is 6.74. The second kappa shape index (κ2) is 6.67. The minimum atomic E-state index is -0.537. The van der Waals surface area contributed by atoms with Crippen molar-refractivity contribution in [3.8, 4) is 6.07 Å². The third kappa shape index (κ3) is 3.77. The minimum absolute atomic E-state index is 0.226. The Kier molecular flexibility index (Phi) is 4.92. The molecule has 102 valence electrons. The van der Waals surface area contributed by atoms with Crippen molar-refractivity contribution >= 4 is 0 Å². The van der Waals surface area contributed by atoms with Crippen LogP contribution in [0.25, 0.3) is 0 Å². The lowest BCUT2D eigenvalue weighted by Crippen LogP contribution is -2.39. The SMILES string of the molecule is N#Cc1ccc(C(O)CN2CCCC(CO)C2)cc1. The minimum Gasteiger partial charge on any atom is -0.396 e. The Labute approximate surface area is 113 Å². The number of aliphatic hydroxyl groups is 2. The van der Waals surface area contributed by atoms with E-state index in [1.807, 2.05) is 0 Å². The van der Waals surface area contributed by atoms with Crippen molar-refractivity contribution in [2.75, 3.05) is 26.2 Å². The molecule has 0 aromatic heterocycles. The summed E-state index contributed by atoms with van der Waals surface area (Å²) in [5.74, 6) is 0.335. The van der Waals surface area contributed by atoms with Crippen LogP contribution in [0.1, 0.15) is 30.1 Å². The van der Waals surface area contributed by atoms with E-state index >= 15 is 0 Å². The van der Waals surface area contributed by atoms with Gasteiger partial charge in [-0.05, 0) is 43.0 Å². The molecule has 0 aliphatic carbocycles. The molecule has 1 aromatic rings. The standard InChI is InChI=1S/C15H20N2O2/c16-8-12-3-5-14(6-4-12)15(19)10-17-7-1-2-13(9-17)11-18/h3-6,13,15,18-19H,1-2,7,9-11H2. The van der Waals surface area contributed by atoms with Crippen LogP contribution in [-0.4, -0.2) is 41.4 Å². The Morgan fingerprint density at radius 1 is 1.37 bits per heavy atom. The van der Waals surface area contributed by atoms with Gasteiger partial charge in [0.05, 0.1) is 17.7 Å². The second-order valence-corrected chi connectivity index (χ2v) is 5.20. The lowest BCUT2D eigenvalue weighted by Gasteiger charge is -2.33. The molecule has 0 spiro atoms. The average molecular weight is 260 g/mol. The van der Waals surface area contributed by atoms with Crippen LogP contribution in [0.4, 0.5) is 0 Å². The smallest absolute Gasteiger partial charge is 0.0991 e. The third-order valence-electron chi connectivity index (χ3n) is 3.72. The molecule has 0 radical (unpaired) electrons. The second-order valence-electron chi connectivity index (χ2n) is 5.20. The fourth-order valence-corrected chi connectivity index (χ4v) is 2.60. The normalized spacial score (nSPS) is 21.8. The van der Waals surface area contributed by atoms with Crippen LogP contribution in [0.15, 0.2) is 24.3 Å². The molecule has 0 bridgehead atoms. The fraction of sp³-hybridized carbons (Fsp3) is 0.533. The molecule has 2 atom stereocenters. The van der Waals surface area contributed by atoms with E-state index in [0.717, 1.165) is 31.5 Å². The summed E-state index contributed by atoms with van der Waals surface area (Å²) in [5, 5.41) is 28.1. The van der Waals surface area contributed by atoms with Crippen molar-refractivity contribution in [1.29, 1.82) is 5.26 Å². The monoisotopic (exact) mass is 260 g/mol. The quantitative estimate of drug-likeness (QED) is 0.856. The topological polar surface area (TPSA) is 67.5 Å². The molecule has 1 aliphatic heterocycles. The molecule has 1 saturated heterocycles. The summed E-state index contributed by atoms with van der Waals surface area (Å²) in [6.45, 7) is 2.64. The highest BCUT2D eigenvalue weighted by molar-refractivity contribution is 5.32. The van der Waals surface area contributed by atoms with Gasteiger partial charge in [-0.1, -0.05) is 12.1 Å². The van der Waals surface area contributed by atoms with Crippen LogP contribution in [-0.2, 0) is 0 Å². The first kappa shape index (κ1) is 14.0. The molecule has 2 unspecified atom stereocenters. The van der Waals surface area contributed by atoms with Gasteiger partial charge in [-0.25, -0.2) is 0 Å². The van der Waals surface area contributed by atoms with E-state index in [-0.39, 0.29) is 6.61 Å². The maximum Gasteiger partial charge on any atom is 0.0991 e. The van der Waals surface area contributed by atoms with Crippen molar-refractivity contribution in [2.45, 2.75) is 18.9 Å². The first-order chi connectivity index (χ1) is 9.22.